The Hall–Kier alpha value is -1.22. The van der Waals surface area contributed by atoms with E-state index in [1.54, 1.807) is 14.2 Å². The minimum atomic E-state index is 0.789. The first-order valence-corrected chi connectivity index (χ1v) is 7.25. The Balaban J connectivity index is 1.75. The molecule has 19 heavy (non-hydrogen) atoms. The molecule has 1 fully saturated rings. The van der Waals surface area contributed by atoms with Crippen molar-refractivity contribution in [3.8, 4) is 11.5 Å². The second-order valence-corrected chi connectivity index (χ2v) is 5.31. The molecule has 106 valence electrons. The van der Waals surface area contributed by atoms with Crippen LogP contribution in [0.25, 0.3) is 0 Å². The molecular formula is C16H25NO2. The summed E-state index contributed by atoms with van der Waals surface area (Å²) in [6, 6.07) is 6.10. The standard InChI is InChI=1S/C16H25NO2/c1-18-15-8-7-14(11-16(15)19-2)12-17-10-9-13-5-3-4-6-13/h7-8,11,13,17H,3-6,9-10,12H2,1-2H3. The molecule has 1 aromatic carbocycles. The summed E-state index contributed by atoms with van der Waals surface area (Å²) >= 11 is 0. The molecule has 3 heteroatoms. The minimum absolute atomic E-state index is 0.789. The topological polar surface area (TPSA) is 30.5 Å². The highest BCUT2D eigenvalue weighted by Gasteiger charge is 2.13. The van der Waals surface area contributed by atoms with Crippen LogP contribution in [0.5, 0.6) is 11.5 Å². The second kappa shape index (κ2) is 7.39. The number of methoxy groups -OCH3 is 2. The molecule has 0 heterocycles. The number of rotatable bonds is 7. The summed E-state index contributed by atoms with van der Waals surface area (Å²) in [6.07, 6.45) is 7.03. The average molecular weight is 263 g/mol. The maximum Gasteiger partial charge on any atom is 0.161 e. The van der Waals surface area contributed by atoms with Crippen LogP contribution < -0.4 is 14.8 Å². The molecule has 0 spiro atoms. The van der Waals surface area contributed by atoms with Crippen LogP contribution in [0.2, 0.25) is 0 Å². The number of nitrogens with one attached hydrogen (secondary N) is 1. The van der Waals surface area contributed by atoms with Crippen molar-refractivity contribution in [2.75, 3.05) is 20.8 Å². The molecule has 0 unspecified atom stereocenters. The van der Waals surface area contributed by atoms with Crippen molar-refractivity contribution in [3.63, 3.8) is 0 Å². The SMILES string of the molecule is COc1ccc(CNCCC2CCCC2)cc1OC. The van der Waals surface area contributed by atoms with Crippen LogP contribution in [0.15, 0.2) is 18.2 Å². The maximum atomic E-state index is 5.31. The number of hydrogen-bond acceptors (Lipinski definition) is 3. The molecule has 1 aromatic rings. The predicted molar refractivity (Wildman–Crippen MR) is 77.8 cm³/mol. The van der Waals surface area contributed by atoms with Crippen LogP contribution in [0.3, 0.4) is 0 Å². The summed E-state index contributed by atoms with van der Waals surface area (Å²) in [5.74, 6) is 2.55. The lowest BCUT2D eigenvalue weighted by Crippen LogP contribution is -2.17. The maximum absolute atomic E-state index is 5.31. The van der Waals surface area contributed by atoms with Crippen LogP contribution in [0, 0.1) is 5.92 Å². The highest BCUT2D eigenvalue weighted by Crippen LogP contribution is 2.28. The third kappa shape index (κ3) is 4.13. The quantitative estimate of drug-likeness (QED) is 0.765. The zero-order valence-electron chi connectivity index (χ0n) is 12.1. The van der Waals surface area contributed by atoms with Crippen molar-refractivity contribution >= 4 is 0 Å². The van der Waals surface area contributed by atoms with E-state index in [4.69, 9.17) is 9.47 Å². The van der Waals surface area contributed by atoms with Crippen LogP contribution in [0.4, 0.5) is 0 Å². The lowest BCUT2D eigenvalue weighted by molar-refractivity contribution is 0.354. The van der Waals surface area contributed by atoms with Gasteiger partial charge in [0.1, 0.15) is 0 Å². The van der Waals surface area contributed by atoms with E-state index in [9.17, 15) is 0 Å². The van der Waals surface area contributed by atoms with E-state index < -0.39 is 0 Å². The minimum Gasteiger partial charge on any atom is -0.493 e. The van der Waals surface area contributed by atoms with Gasteiger partial charge in [-0.15, -0.1) is 0 Å². The molecular weight excluding hydrogens is 238 g/mol. The van der Waals surface area contributed by atoms with Crippen molar-refractivity contribution < 1.29 is 9.47 Å². The van der Waals surface area contributed by atoms with E-state index in [-0.39, 0.29) is 0 Å². The van der Waals surface area contributed by atoms with Gasteiger partial charge in [-0.2, -0.15) is 0 Å². The van der Waals surface area contributed by atoms with E-state index in [0.29, 0.717) is 0 Å². The Morgan fingerprint density at radius 1 is 1.11 bits per heavy atom. The fourth-order valence-corrected chi connectivity index (χ4v) is 2.83. The second-order valence-electron chi connectivity index (χ2n) is 5.31. The van der Waals surface area contributed by atoms with E-state index >= 15 is 0 Å². The van der Waals surface area contributed by atoms with Gasteiger partial charge in [-0.05, 0) is 36.6 Å². The van der Waals surface area contributed by atoms with Gasteiger partial charge in [0, 0.05) is 6.54 Å². The van der Waals surface area contributed by atoms with Gasteiger partial charge in [-0.1, -0.05) is 31.7 Å². The Bertz CT molecular complexity index is 386. The van der Waals surface area contributed by atoms with Crippen molar-refractivity contribution in [2.45, 2.75) is 38.6 Å². The molecule has 1 N–H and O–H groups in total. The van der Waals surface area contributed by atoms with E-state index in [2.05, 4.69) is 11.4 Å². The van der Waals surface area contributed by atoms with E-state index in [1.807, 2.05) is 12.1 Å². The molecule has 0 amide bonds. The molecule has 0 atom stereocenters. The number of benzene rings is 1. The van der Waals surface area contributed by atoms with E-state index in [1.165, 1.54) is 37.7 Å². The Morgan fingerprint density at radius 2 is 1.84 bits per heavy atom. The number of ether oxygens (including phenoxy) is 2. The molecule has 1 aliphatic carbocycles. The third-order valence-corrected chi connectivity index (χ3v) is 3.98. The summed E-state index contributed by atoms with van der Waals surface area (Å²) in [7, 11) is 3.34. The molecule has 0 aromatic heterocycles. The summed E-state index contributed by atoms with van der Waals surface area (Å²) in [4.78, 5) is 0. The summed E-state index contributed by atoms with van der Waals surface area (Å²) in [5.41, 5.74) is 1.24. The fraction of sp³-hybridized carbons (Fsp3) is 0.625. The fourth-order valence-electron chi connectivity index (χ4n) is 2.83. The average Bonchev–Trinajstić information content (AvgIpc) is 2.96. The van der Waals surface area contributed by atoms with Gasteiger partial charge in [0.2, 0.25) is 0 Å². The molecule has 0 bridgehead atoms. The third-order valence-electron chi connectivity index (χ3n) is 3.98. The molecule has 2 rings (SSSR count). The van der Waals surface area contributed by atoms with Gasteiger partial charge >= 0.3 is 0 Å². The van der Waals surface area contributed by atoms with Crippen molar-refractivity contribution in [3.05, 3.63) is 23.8 Å². The Kier molecular flexibility index (Phi) is 5.52. The smallest absolute Gasteiger partial charge is 0.161 e. The largest absolute Gasteiger partial charge is 0.493 e. The first-order chi connectivity index (χ1) is 9.33. The number of hydrogen-bond donors (Lipinski definition) is 1. The zero-order valence-corrected chi connectivity index (χ0v) is 12.1. The van der Waals surface area contributed by atoms with Crippen LogP contribution in [-0.2, 0) is 6.54 Å². The summed E-state index contributed by atoms with van der Waals surface area (Å²) in [6.45, 7) is 2.01. The molecule has 1 aliphatic rings. The van der Waals surface area contributed by atoms with Crippen LogP contribution >= 0.6 is 0 Å². The van der Waals surface area contributed by atoms with E-state index in [0.717, 1.165) is 30.5 Å². The first-order valence-electron chi connectivity index (χ1n) is 7.25. The first kappa shape index (κ1) is 14.2. The Morgan fingerprint density at radius 3 is 2.53 bits per heavy atom. The van der Waals surface area contributed by atoms with Crippen molar-refractivity contribution in [1.82, 2.24) is 5.32 Å². The lowest BCUT2D eigenvalue weighted by atomic mass is 10.0. The monoisotopic (exact) mass is 263 g/mol. The normalized spacial score (nSPS) is 15.7. The van der Waals surface area contributed by atoms with Gasteiger partial charge in [-0.25, -0.2) is 0 Å². The lowest BCUT2D eigenvalue weighted by Gasteiger charge is -2.12. The summed E-state index contributed by atoms with van der Waals surface area (Å²) in [5, 5.41) is 3.52. The zero-order chi connectivity index (χ0) is 13.5. The van der Waals surface area contributed by atoms with Gasteiger partial charge in [0.15, 0.2) is 11.5 Å². The van der Waals surface area contributed by atoms with Gasteiger partial charge in [0.25, 0.3) is 0 Å². The van der Waals surface area contributed by atoms with Crippen molar-refractivity contribution in [1.29, 1.82) is 0 Å². The molecule has 0 aliphatic heterocycles. The van der Waals surface area contributed by atoms with Crippen LogP contribution in [0.1, 0.15) is 37.7 Å². The van der Waals surface area contributed by atoms with Gasteiger partial charge in [0.05, 0.1) is 14.2 Å². The van der Waals surface area contributed by atoms with Crippen molar-refractivity contribution in [2.24, 2.45) is 5.92 Å². The van der Waals surface area contributed by atoms with Gasteiger partial charge in [-0.3, -0.25) is 0 Å². The molecule has 3 nitrogen and oxygen atoms in total. The summed E-state index contributed by atoms with van der Waals surface area (Å²) < 4.78 is 10.6. The van der Waals surface area contributed by atoms with Gasteiger partial charge < -0.3 is 14.8 Å². The highest BCUT2D eigenvalue weighted by molar-refractivity contribution is 5.42. The Labute approximate surface area is 116 Å². The molecule has 1 saturated carbocycles. The highest BCUT2D eigenvalue weighted by atomic mass is 16.5. The molecule has 0 radical (unpaired) electrons. The molecule has 0 saturated heterocycles. The predicted octanol–water partition coefficient (Wildman–Crippen LogP) is 3.37. The van der Waals surface area contributed by atoms with Crippen LogP contribution in [-0.4, -0.2) is 20.8 Å².